The summed E-state index contributed by atoms with van der Waals surface area (Å²) in [5.74, 6) is 0.0992. The lowest BCUT2D eigenvalue weighted by Crippen LogP contribution is -2.22. The molecule has 0 aliphatic carbocycles. The molecular weight excluding hydrogens is 232 g/mol. The zero-order valence-electron chi connectivity index (χ0n) is 8.52. The van der Waals surface area contributed by atoms with Gasteiger partial charge in [-0.15, -0.1) is 0 Å². The average Bonchev–Trinajstić information content (AvgIpc) is 2.15. The molecule has 0 spiro atoms. The highest BCUT2D eigenvalue weighted by atomic mass is 32.2. The van der Waals surface area contributed by atoms with Gasteiger partial charge in [0.05, 0.1) is 12.8 Å². The summed E-state index contributed by atoms with van der Waals surface area (Å²) < 4.78 is 28.7. The summed E-state index contributed by atoms with van der Waals surface area (Å²) in [5, 5.41) is 12.0. The molecule has 0 aliphatic heterocycles. The van der Waals surface area contributed by atoms with Crippen molar-refractivity contribution < 1.29 is 13.2 Å². The number of ether oxygens (including phenoxy) is 1. The Hall–Kier alpha value is -1.80. The van der Waals surface area contributed by atoms with Crippen LogP contribution in [0.25, 0.3) is 0 Å². The fraction of sp³-hybridized carbons (Fsp3) is 0.125. The van der Waals surface area contributed by atoms with Crippen LogP contribution in [0.3, 0.4) is 0 Å². The van der Waals surface area contributed by atoms with Crippen LogP contribution in [-0.4, -0.2) is 21.4 Å². The second-order valence-electron chi connectivity index (χ2n) is 2.98. The minimum Gasteiger partial charge on any atom is -0.495 e. The Bertz CT molecular complexity index is 512. The van der Waals surface area contributed by atoms with Crippen LogP contribution in [0, 0.1) is 5.41 Å². The largest absolute Gasteiger partial charge is 0.495 e. The van der Waals surface area contributed by atoms with Gasteiger partial charge in [-0.1, -0.05) is 0 Å². The van der Waals surface area contributed by atoms with E-state index in [1.165, 1.54) is 25.3 Å². The van der Waals surface area contributed by atoms with Crippen molar-refractivity contribution in [2.75, 3.05) is 11.8 Å². The minimum absolute atomic E-state index is 0.138. The maximum Gasteiger partial charge on any atom is 0.296 e. The molecule has 8 heteroatoms. The molecule has 0 saturated heterocycles. The topological polar surface area (TPSA) is 131 Å². The van der Waals surface area contributed by atoms with Crippen molar-refractivity contribution in [2.45, 2.75) is 0 Å². The van der Waals surface area contributed by atoms with E-state index in [2.05, 4.69) is 4.72 Å². The van der Waals surface area contributed by atoms with Crippen molar-refractivity contribution in [3.05, 3.63) is 23.8 Å². The predicted octanol–water partition coefficient (Wildman–Crippen LogP) is -0.405. The second-order valence-corrected chi connectivity index (χ2v) is 4.27. The highest BCUT2D eigenvalue weighted by Crippen LogP contribution is 2.25. The van der Waals surface area contributed by atoms with Crippen LogP contribution >= 0.6 is 0 Å². The van der Waals surface area contributed by atoms with Crippen LogP contribution in [0.4, 0.5) is 5.69 Å². The fourth-order valence-corrected chi connectivity index (χ4v) is 1.57. The van der Waals surface area contributed by atoms with Crippen LogP contribution in [0.1, 0.15) is 5.56 Å². The van der Waals surface area contributed by atoms with Crippen LogP contribution < -0.4 is 20.3 Å². The van der Waals surface area contributed by atoms with Crippen molar-refractivity contribution in [1.82, 2.24) is 0 Å². The maximum atomic E-state index is 10.8. The molecule has 7 nitrogen and oxygen atoms in total. The van der Waals surface area contributed by atoms with E-state index in [9.17, 15) is 8.42 Å². The Balaban J connectivity index is 3.17. The molecule has 0 fully saturated rings. The van der Waals surface area contributed by atoms with Crippen LogP contribution in [-0.2, 0) is 10.2 Å². The molecule has 0 unspecified atom stereocenters. The number of hydrogen-bond donors (Lipinski definition) is 4. The smallest absolute Gasteiger partial charge is 0.296 e. The summed E-state index contributed by atoms with van der Waals surface area (Å²) in [6.07, 6.45) is 0. The van der Waals surface area contributed by atoms with E-state index in [-0.39, 0.29) is 17.3 Å². The van der Waals surface area contributed by atoms with Gasteiger partial charge in [0.1, 0.15) is 11.6 Å². The van der Waals surface area contributed by atoms with Crippen molar-refractivity contribution >= 4 is 21.7 Å². The molecule has 88 valence electrons. The standard InChI is InChI=1S/C8H12N4O3S/c1-15-7-4-5(8(9)10)2-3-6(7)12-16(11,13)14/h2-4,12H,1H3,(H3,9,10)(H2,11,13,14). The van der Waals surface area contributed by atoms with Crippen LogP contribution in [0.2, 0.25) is 0 Å². The third kappa shape index (κ3) is 3.11. The molecule has 1 rings (SSSR count). The van der Waals surface area contributed by atoms with Crippen molar-refractivity contribution in [3.63, 3.8) is 0 Å². The van der Waals surface area contributed by atoms with Crippen molar-refractivity contribution in [2.24, 2.45) is 10.9 Å². The van der Waals surface area contributed by atoms with E-state index in [0.29, 0.717) is 5.56 Å². The Morgan fingerprint density at radius 3 is 2.56 bits per heavy atom. The fourth-order valence-electron chi connectivity index (χ4n) is 1.10. The normalized spacial score (nSPS) is 10.9. The minimum atomic E-state index is -3.86. The van der Waals surface area contributed by atoms with Gasteiger partial charge in [0.25, 0.3) is 10.2 Å². The zero-order valence-corrected chi connectivity index (χ0v) is 9.34. The summed E-state index contributed by atoms with van der Waals surface area (Å²) >= 11 is 0. The number of methoxy groups -OCH3 is 1. The summed E-state index contributed by atoms with van der Waals surface area (Å²) in [5.41, 5.74) is 5.90. The Labute approximate surface area is 93.1 Å². The van der Waals surface area contributed by atoms with Crippen LogP contribution in [0.5, 0.6) is 5.75 Å². The highest BCUT2D eigenvalue weighted by Gasteiger charge is 2.09. The van der Waals surface area contributed by atoms with Gasteiger partial charge in [0, 0.05) is 5.56 Å². The molecule has 16 heavy (non-hydrogen) atoms. The van der Waals surface area contributed by atoms with Crippen LogP contribution in [0.15, 0.2) is 18.2 Å². The predicted molar refractivity (Wildman–Crippen MR) is 60.7 cm³/mol. The SMILES string of the molecule is COc1cc(C(=N)N)ccc1NS(N)(=O)=O. The number of rotatable bonds is 4. The number of nitrogen functional groups attached to an aromatic ring is 1. The number of benzene rings is 1. The molecule has 0 aliphatic rings. The summed E-state index contributed by atoms with van der Waals surface area (Å²) in [6.45, 7) is 0. The molecule has 6 N–H and O–H groups in total. The van der Waals surface area contributed by atoms with Gasteiger partial charge in [0.2, 0.25) is 0 Å². The monoisotopic (exact) mass is 244 g/mol. The van der Waals surface area contributed by atoms with E-state index < -0.39 is 10.2 Å². The van der Waals surface area contributed by atoms with Gasteiger partial charge in [-0.2, -0.15) is 8.42 Å². The third-order valence-corrected chi connectivity index (χ3v) is 2.27. The van der Waals surface area contributed by atoms with Gasteiger partial charge >= 0.3 is 0 Å². The van der Waals surface area contributed by atoms with Crippen molar-refractivity contribution in [3.8, 4) is 5.75 Å². The molecule has 0 bridgehead atoms. The van der Waals surface area contributed by atoms with Gasteiger partial charge < -0.3 is 10.5 Å². The lowest BCUT2D eigenvalue weighted by molar-refractivity contribution is 0.417. The molecule has 0 amide bonds. The second kappa shape index (κ2) is 4.37. The Kier molecular flexibility index (Phi) is 3.35. The molecule has 0 saturated carbocycles. The van der Waals surface area contributed by atoms with Gasteiger partial charge in [-0.05, 0) is 18.2 Å². The molecule has 1 aromatic carbocycles. The Morgan fingerprint density at radius 1 is 1.50 bits per heavy atom. The molecule has 0 radical (unpaired) electrons. The summed E-state index contributed by atoms with van der Waals surface area (Å²) in [7, 11) is -2.49. The number of anilines is 1. The van der Waals surface area contributed by atoms with E-state index in [1.54, 1.807) is 0 Å². The van der Waals surface area contributed by atoms with E-state index >= 15 is 0 Å². The molecule has 0 heterocycles. The zero-order chi connectivity index (χ0) is 12.3. The first-order valence-corrected chi connectivity index (χ1v) is 5.71. The first-order chi connectivity index (χ1) is 7.33. The lowest BCUT2D eigenvalue weighted by Gasteiger charge is -2.10. The van der Waals surface area contributed by atoms with Gasteiger partial charge in [0.15, 0.2) is 0 Å². The average molecular weight is 244 g/mol. The molecular formula is C8H12N4O3S. The molecule has 1 aromatic rings. The number of nitrogens with two attached hydrogens (primary N) is 2. The highest BCUT2D eigenvalue weighted by molar-refractivity contribution is 7.90. The number of hydrogen-bond acceptors (Lipinski definition) is 4. The third-order valence-electron chi connectivity index (χ3n) is 1.76. The Morgan fingerprint density at radius 2 is 2.12 bits per heavy atom. The summed E-state index contributed by atoms with van der Waals surface area (Å²) in [6, 6.07) is 4.34. The molecule has 0 aromatic heterocycles. The maximum absolute atomic E-state index is 10.8. The van der Waals surface area contributed by atoms with Gasteiger partial charge in [-0.3, -0.25) is 10.1 Å². The first-order valence-electron chi connectivity index (χ1n) is 4.16. The van der Waals surface area contributed by atoms with Gasteiger partial charge in [-0.25, -0.2) is 5.14 Å². The number of nitrogens with one attached hydrogen (secondary N) is 2. The number of amidine groups is 1. The van der Waals surface area contributed by atoms with E-state index in [4.69, 9.17) is 21.0 Å². The van der Waals surface area contributed by atoms with Crippen molar-refractivity contribution in [1.29, 1.82) is 5.41 Å². The first kappa shape index (κ1) is 12.3. The van der Waals surface area contributed by atoms with E-state index in [1.807, 2.05) is 0 Å². The molecule has 0 atom stereocenters. The van der Waals surface area contributed by atoms with E-state index in [0.717, 1.165) is 0 Å². The quantitative estimate of drug-likeness (QED) is 0.423. The summed E-state index contributed by atoms with van der Waals surface area (Å²) in [4.78, 5) is 0. The lowest BCUT2D eigenvalue weighted by atomic mass is 10.2.